The third-order valence-electron chi connectivity index (χ3n) is 3.53. The number of rotatable bonds is 2. The molecule has 18 heavy (non-hydrogen) atoms. The molecule has 102 valence electrons. The summed E-state index contributed by atoms with van der Waals surface area (Å²) in [7, 11) is 0. The van der Waals surface area contributed by atoms with Gasteiger partial charge >= 0.3 is 0 Å². The Labute approximate surface area is 109 Å². The number of nitrogens with two attached hydrogens (primary N) is 1. The Morgan fingerprint density at radius 3 is 2.72 bits per heavy atom. The first-order valence-corrected chi connectivity index (χ1v) is 6.69. The summed E-state index contributed by atoms with van der Waals surface area (Å²) in [5, 5.41) is 4.06. The second kappa shape index (κ2) is 4.97. The van der Waals surface area contributed by atoms with Crippen molar-refractivity contribution >= 4 is 0 Å². The number of likely N-dealkylation sites (tertiary alicyclic amines) is 1. The van der Waals surface area contributed by atoms with E-state index in [-0.39, 0.29) is 5.41 Å². The van der Waals surface area contributed by atoms with Gasteiger partial charge < -0.3 is 10.3 Å². The first-order chi connectivity index (χ1) is 8.36. The van der Waals surface area contributed by atoms with E-state index in [0.29, 0.717) is 18.0 Å². The lowest BCUT2D eigenvalue weighted by atomic mass is 9.96. The van der Waals surface area contributed by atoms with Crippen molar-refractivity contribution in [2.45, 2.75) is 64.6 Å². The van der Waals surface area contributed by atoms with Gasteiger partial charge in [0.25, 0.3) is 0 Å². The van der Waals surface area contributed by atoms with E-state index in [0.717, 1.165) is 31.8 Å². The van der Waals surface area contributed by atoms with Crippen molar-refractivity contribution in [1.29, 1.82) is 0 Å². The number of aromatic nitrogens is 2. The Kier molecular flexibility index (Phi) is 3.73. The zero-order valence-electron chi connectivity index (χ0n) is 11.8. The van der Waals surface area contributed by atoms with Gasteiger partial charge in [0.05, 0.1) is 6.54 Å². The van der Waals surface area contributed by atoms with E-state index in [1.165, 1.54) is 0 Å². The highest BCUT2D eigenvalue weighted by molar-refractivity contribution is 5.00. The molecule has 1 fully saturated rings. The normalized spacial score (nSPS) is 26.5. The van der Waals surface area contributed by atoms with Crippen molar-refractivity contribution in [1.82, 2.24) is 15.0 Å². The van der Waals surface area contributed by atoms with E-state index in [2.05, 4.69) is 42.7 Å². The van der Waals surface area contributed by atoms with Crippen LogP contribution in [0.4, 0.5) is 0 Å². The molecule has 0 radical (unpaired) electrons. The molecule has 1 saturated heterocycles. The summed E-state index contributed by atoms with van der Waals surface area (Å²) in [6.07, 6.45) is 2.09. The Balaban J connectivity index is 1.99. The van der Waals surface area contributed by atoms with Crippen molar-refractivity contribution in [2.75, 3.05) is 6.54 Å². The molecule has 5 heteroatoms. The van der Waals surface area contributed by atoms with E-state index < -0.39 is 0 Å². The van der Waals surface area contributed by atoms with E-state index in [4.69, 9.17) is 10.3 Å². The zero-order valence-corrected chi connectivity index (χ0v) is 11.8. The van der Waals surface area contributed by atoms with Gasteiger partial charge in [-0.15, -0.1) is 0 Å². The number of hydrogen-bond acceptors (Lipinski definition) is 5. The Morgan fingerprint density at radius 1 is 1.44 bits per heavy atom. The Bertz CT molecular complexity index is 396. The minimum absolute atomic E-state index is 0.0579. The van der Waals surface area contributed by atoms with Crippen LogP contribution in [0.1, 0.15) is 52.3 Å². The molecule has 1 aliphatic heterocycles. The van der Waals surface area contributed by atoms with Gasteiger partial charge in [-0.3, -0.25) is 4.90 Å². The molecule has 0 aromatic carbocycles. The maximum Gasteiger partial charge on any atom is 0.240 e. The summed E-state index contributed by atoms with van der Waals surface area (Å²) in [5.41, 5.74) is 5.91. The van der Waals surface area contributed by atoms with Crippen LogP contribution < -0.4 is 5.73 Å². The van der Waals surface area contributed by atoms with Crippen molar-refractivity contribution < 1.29 is 4.52 Å². The fourth-order valence-electron chi connectivity index (χ4n) is 2.29. The maximum atomic E-state index is 5.96. The van der Waals surface area contributed by atoms with Gasteiger partial charge in [-0.05, 0) is 19.8 Å². The average molecular weight is 252 g/mol. The topological polar surface area (TPSA) is 68.2 Å². The van der Waals surface area contributed by atoms with Crippen molar-refractivity contribution in [2.24, 2.45) is 5.73 Å². The van der Waals surface area contributed by atoms with Crippen LogP contribution in [0.25, 0.3) is 0 Å². The highest BCUT2D eigenvalue weighted by Gasteiger charge is 2.26. The first-order valence-electron chi connectivity index (χ1n) is 6.69. The molecule has 0 aliphatic carbocycles. The van der Waals surface area contributed by atoms with Gasteiger partial charge in [0, 0.05) is 24.0 Å². The quantitative estimate of drug-likeness (QED) is 0.867. The van der Waals surface area contributed by atoms with Crippen LogP contribution in [0.5, 0.6) is 0 Å². The van der Waals surface area contributed by atoms with Crippen molar-refractivity contribution in [3.63, 3.8) is 0 Å². The molecule has 0 amide bonds. The summed E-state index contributed by atoms with van der Waals surface area (Å²) in [6, 6.07) is 0.822. The van der Waals surface area contributed by atoms with E-state index in [9.17, 15) is 0 Å². The second-order valence-electron chi connectivity index (χ2n) is 6.37. The predicted molar refractivity (Wildman–Crippen MR) is 70.1 cm³/mol. The molecule has 5 nitrogen and oxygen atoms in total. The largest absolute Gasteiger partial charge is 0.338 e. The summed E-state index contributed by atoms with van der Waals surface area (Å²) in [6.45, 7) is 10.2. The summed E-state index contributed by atoms with van der Waals surface area (Å²) in [5.74, 6) is 1.49. The van der Waals surface area contributed by atoms with Crippen molar-refractivity contribution in [3.8, 4) is 0 Å². The molecular weight excluding hydrogens is 228 g/mol. The lowest BCUT2D eigenvalue weighted by molar-refractivity contribution is 0.124. The van der Waals surface area contributed by atoms with Gasteiger partial charge in [-0.2, -0.15) is 4.98 Å². The van der Waals surface area contributed by atoms with Crippen LogP contribution in [0.3, 0.4) is 0 Å². The van der Waals surface area contributed by atoms with Gasteiger partial charge in [-0.1, -0.05) is 25.9 Å². The molecule has 2 rings (SSSR count). The molecule has 0 saturated carbocycles. The fourth-order valence-corrected chi connectivity index (χ4v) is 2.29. The molecule has 2 atom stereocenters. The summed E-state index contributed by atoms with van der Waals surface area (Å²) >= 11 is 0. The van der Waals surface area contributed by atoms with Crippen LogP contribution in [-0.2, 0) is 12.0 Å². The van der Waals surface area contributed by atoms with Crippen LogP contribution in [0.2, 0.25) is 0 Å². The third kappa shape index (κ3) is 3.09. The minimum Gasteiger partial charge on any atom is -0.338 e. The second-order valence-corrected chi connectivity index (χ2v) is 6.37. The number of piperidine rings is 1. The van der Waals surface area contributed by atoms with Crippen LogP contribution in [-0.4, -0.2) is 33.7 Å². The number of hydrogen-bond donors (Lipinski definition) is 1. The lowest BCUT2D eigenvalue weighted by Crippen LogP contribution is -2.45. The maximum absolute atomic E-state index is 5.96. The molecule has 2 heterocycles. The smallest absolute Gasteiger partial charge is 0.240 e. The van der Waals surface area contributed by atoms with E-state index in [1.54, 1.807) is 0 Å². The molecule has 0 bridgehead atoms. The number of nitrogens with zero attached hydrogens (tertiary/aromatic N) is 3. The standard InChI is InChI=1S/C13H24N4O/c1-9-7-10(14)5-6-17(9)8-11-15-12(16-18-11)13(2,3)4/h9-10H,5-8,14H2,1-4H3. The van der Waals surface area contributed by atoms with Gasteiger partial charge in [0.15, 0.2) is 5.82 Å². The Hall–Kier alpha value is -0.940. The molecule has 2 N–H and O–H groups in total. The minimum atomic E-state index is -0.0579. The first kappa shape index (κ1) is 13.5. The van der Waals surface area contributed by atoms with Crippen LogP contribution in [0.15, 0.2) is 4.52 Å². The highest BCUT2D eigenvalue weighted by atomic mass is 16.5. The van der Waals surface area contributed by atoms with Gasteiger partial charge in [0.1, 0.15) is 0 Å². The summed E-state index contributed by atoms with van der Waals surface area (Å²) < 4.78 is 5.34. The zero-order chi connectivity index (χ0) is 13.3. The molecular formula is C13H24N4O. The monoisotopic (exact) mass is 252 g/mol. The molecule has 1 aliphatic rings. The molecule has 0 spiro atoms. The van der Waals surface area contributed by atoms with Crippen LogP contribution >= 0.6 is 0 Å². The fraction of sp³-hybridized carbons (Fsp3) is 0.846. The van der Waals surface area contributed by atoms with E-state index in [1.807, 2.05) is 0 Å². The summed E-state index contributed by atoms with van der Waals surface area (Å²) in [4.78, 5) is 6.84. The van der Waals surface area contributed by atoms with Crippen molar-refractivity contribution in [3.05, 3.63) is 11.7 Å². The van der Waals surface area contributed by atoms with Crippen LogP contribution in [0, 0.1) is 0 Å². The average Bonchev–Trinajstić information content (AvgIpc) is 2.70. The lowest BCUT2D eigenvalue weighted by Gasteiger charge is -2.35. The third-order valence-corrected chi connectivity index (χ3v) is 3.53. The van der Waals surface area contributed by atoms with Gasteiger partial charge in [0.2, 0.25) is 5.89 Å². The van der Waals surface area contributed by atoms with Gasteiger partial charge in [-0.25, -0.2) is 0 Å². The molecule has 2 unspecified atom stereocenters. The Morgan fingerprint density at radius 2 is 2.17 bits per heavy atom. The SMILES string of the molecule is CC1CC(N)CCN1Cc1nc(C(C)(C)C)no1. The molecule has 1 aromatic heterocycles. The highest BCUT2D eigenvalue weighted by Crippen LogP contribution is 2.21. The predicted octanol–water partition coefficient (Wildman–Crippen LogP) is 1.68. The van der Waals surface area contributed by atoms with E-state index >= 15 is 0 Å². The molecule has 1 aromatic rings.